The molecule has 3 heteroatoms. The average Bonchev–Trinajstić information content (AvgIpc) is 2.67. The molecule has 0 aliphatic rings. The fraction of sp³-hybridized carbons (Fsp3) is 0.308. The summed E-state index contributed by atoms with van der Waals surface area (Å²) >= 11 is 1.84. The van der Waals surface area contributed by atoms with Gasteiger partial charge in [0.25, 0.3) is 0 Å². The Kier molecular flexibility index (Phi) is 3.70. The Bertz CT molecular complexity index is 445. The topological polar surface area (TPSA) is 24.9 Å². The lowest BCUT2D eigenvalue weighted by molar-refractivity contribution is 0.686. The summed E-state index contributed by atoms with van der Waals surface area (Å²) in [4.78, 5) is 7.10. The third kappa shape index (κ3) is 3.15. The minimum atomic E-state index is 0.831. The predicted octanol–water partition coefficient (Wildman–Crippen LogP) is 3.05. The third-order valence-electron chi connectivity index (χ3n) is 2.37. The van der Waals surface area contributed by atoms with Crippen molar-refractivity contribution < 1.29 is 0 Å². The van der Waals surface area contributed by atoms with Crippen LogP contribution in [-0.4, -0.2) is 4.98 Å². The maximum Gasteiger partial charge on any atom is 0.0541 e. The highest BCUT2D eigenvalue weighted by atomic mass is 32.1. The maximum absolute atomic E-state index is 4.36. The lowest BCUT2D eigenvalue weighted by Crippen LogP contribution is -2.12. The Balaban J connectivity index is 1.82. The minimum Gasteiger partial charge on any atom is -0.306 e. The summed E-state index contributed by atoms with van der Waals surface area (Å²) in [5.74, 6) is 0. The van der Waals surface area contributed by atoms with Crippen LogP contribution in [0, 0.1) is 13.8 Å². The largest absolute Gasteiger partial charge is 0.306 e. The quantitative estimate of drug-likeness (QED) is 0.876. The van der Waals surface area contributed by atoms with Gasteiger partial charge in [0.1, 0.15) is 0 Å². The normalized spacial score (nSPS) is 10.6. The molecule has 0 aliphatic heterocycles. The van der Waals surface area contributed by atoms with Gasteiger partial charge in [0, 0.05) is 29.0 Å². The van der Waals surface area contributed by atoms with Crippen LogP contribution in [-0.2, 0) is 13.1 Å². The maximum atomic E-state index is 4.36. The van der Waals surface area contributed by atoms with Crippen LogP contribution in [0.3, 0.4) is 0 Å². The highest BCUT2D eigenvalue weighted by Gasteiger charge is 1.97. The molecule has 0 spiro atoms. The van der Waals surface area contributed by atoms with Gasteiger partial charge in [-0.3, -0.25) is 4.98 Å². The molecular weight excluding hydrogens is 216 g/mol. The van der Waals surface area contributed by atoms with Crippen LogP contribution in [0.2, 0.25) is 0 Å². The molecule has 0 saturated carbocycles. The zero-order valence-electron chi connectivity index (χ0n) is 9.66. The van der Waals surface area contributed by atoms with Crippen molar-refractivity contribution in [2.75, 3.05) is 0 Å². The first kappa shape index (κ1) is 11.3. The van der Waals surface area contributed by atoms with Crippen LogP contribution in [0.5, 0.6) is 0 Å². The second-order valence-electron chi connectivity index (χ2n) is 3.94. The molecule has 2 nitrogen and oxygen atoms in total. The van der Waals surface area contributed by atoms with Crippen LogP contribution in [0.1, 0.15) is 21.0 Å². The second kappa shape index (κ2) is 5.23. The first-order valence-corrected chi connectivity index (χ1v) is 6.23. The van der Waals surface area contributed by atoms with Gasteiger partial charge in [-0.2, -0.15) is 0 Å². The molecule has 0 fully saturated rings. The Hall–Kier alpha value is -1.19. The number of rotatable bonds is 4. The van der Waals surface area contributed by atoms with Gasteiger partial charge in [0.2, 0.25) is 0 Å². The predicted molar refractivity (Wildman–Crippen MR) is 68.6 cm³/mol. The van der Waals surface area contributed by atoms with Crippen molar-refractivity contribution in [1.29, 1.82) is 0 Å². The van der Waals surface area contributed by atoms with Crippen molar-refractivity contribution in [3.8, 4) is 0 Å². The molecule has 0 amide bonds. The first-order chi connectivity index (χ1) is 7.74. The van der Waals surface area contributed by atoms with E-state index in [1.165, 1.54) is 15.3 Å². The molecule has 0 saturated heterocycles. The highest BCUT2D eigenvalue weighted by molar-refractivity contribution is 7.11. The Labute approximate surface area is 100 Å². The first-order valence-electron chi connectivity index (χ1n) is 5.41. The third-order valence-corrected chi connectivity index (χ3v) is 3.37. The van der Waals surface area contributed by atoms with Crippen LogP contribution < -0.4 is 5.32 Å². The van der Waals surface area contributed by atoms with Gasteiger partial charge >= 0.3 is 0 Å². The van der Waals surface area contributed by atoms with Gasteiger partial charge in [0.15, 0.2) is 0 Å². The van der Waals surface area contributed by atoms with Gasteiger partial charge in [-0.15, -0.1) is 11.3 Å². The molecule has 2 heterocycles. The number of aryl methyl sites for hydroxylation is 2. The van der Waals surface area contributed by atoms with E-state index in [9.17, 15) is 0 Å². The minimum absolute atomic E-state index is 0.831. The summed E-state index contributed by atoms with van der Waals surface area (Å²) in [6.45, 7) is 5.94. The van der Waals surface area contributed by atoms with Crippen molar-refractivity contribution in [1.82, 2.24) is 10.3 Å². The molecule has 16 heavy (non-hydrogen) atoms. The van der Waals surface area contributed by atoms with Crippen molar-refractivity contribution in [2.24, 2.45) is 0 Å². The summed E-state index contributed by atoms with van der Waals surface area (Å²) in [6.07, 6.45) is 1.91. The Morgan fingerprint density at radius 2 is 2.00 bits per heavy atom. The monoisotopic (exact) mass is 232 g/mol. The lowest BCUT2D eigenvalue weighted by atomic mass is 10.3. The van der Waals surface area contributed by atoms with Gasteiger partial charge in [0.05, 0.1) is 5.69 Å². The number of pyridine rings is 1. The molecule has 0 aromatic carbocycles. The van der Waals surface area contributed by atoms with E-state index in [4.69, 9.17) is 0 Å². The van der Waals surface area contributed by atoms with E-state index in [0.717, 1.165) is 18.8 Å². The van der Waals surface area contributed by atoms with E-state index in [-0.39, 0.29) is 0 Å². The molecular formula is C13H16N2S. The fourth-order valence-electron chi connectivity index (χ4n) is 1.50. The van der Waals surface area contributed by atoms with Crippen molar-refractivity contribution in [3.05, 3.63) is 51.5 Å². The summed E-state index contributed by atoms with van der Waals surface area (Å²) in [5.41, 5.74) is 2.30. The molecule has 0 atom stereocenters. The molecule has 0 radical (unpaired) electrons. The van der Waals surface area contributed by atoms with Crippen molar-refractivity contribution in [3.63, 3.8) is 0 Å². The lowest BCUT2D eigenvalue weighted by Gasteiger charge is -2.02. The van der Waals surface area contributed by atoms with E-state index >= 15 is 0 Å². The van der Waals surface area contributed by atoms with Gasteiger partial charge in [-0.25, -0.2) is 0 Å². The van der Waals surface area contributed by atoms with Crippen molar-refractivity contribution in [2.45, 2.75) is 26.9 Å². The van der Waals surface area contributed by atoms with Gasteiger partial charge < -0.3 is 5.32 Å². The molecule has 2 aromatic rings. The zero-order chi connectivity index (χ0) is 11.4. The SMILES string of the molecule is Cc1ccc(CNCc2ccc(C)s2)nc1. The number of hydrogen-bond donors (Lipinski definition) is 1. The van der Waals surface area contributed by atoms with E-state index < -0.39 is 0 Å². The number of thiophene rings is 1. The molecule has 2 aromatic heterocycles. The molecule has 84 valence electrons. The molecule has 0 aliphatic carbocycles. The highest BCUT2D eigenvalue weighted by Crippen LogP contribution is 2.14. The molecule has 0 bridgehead atoms. The van der Waals surface area contributed by atoms with E-state index in [0.29, 0.717) is 0 Å². The van der Waals surface area contributed by atoms with Crippen LogP contribution in [0.15, 0.2) is 30.5 Å². The number of nitrogens with one attached hydrogen (secondary N) is 1. The van der Waals surface area contributed by atoms with E-state index in [2.05, 4.69) is 48.4 Å². The number of aromatic nitrogens is 1. The van der Waals surface area contributed by atoms with Gasteiger partial charge in [-0.05, 0) is 37.6 Å². The zero-order valence-corrected chi connectivity index (χ0v) is 10.5. The van der Waals surface area contributed by atoms with Crippen LogP contribution in [0.4, 0.5) is 0 Å². The van der Waals surface area contributed by atoms with Crippen LogP contribution >= 0.6 is 11.3 Å². The number of nitrogens with zero attached hydrogens (tertiary/aromatic N) is 1. The smallest absolute Gasteiger partial charge is 0.0541 e. The number of hydrogen-bond acceptors (Lipinski definition) is 3. The fourth-order valence-corrected chi connectivity index (χ4v) is 2.36. The van der Waals surface area contributed by atoms with Gasteiger partial charge in [-0.1, -0.05) is 6.07 Å². The Morgan fingerprint density at radius 3 is 2.62 bits per heavy atom. The molecule has 2 rings (SSSR count). The molecule has 0 unspecified atom stereocenters. The summed E-state index contributed by atoms with van der Waals surface area (Å²) in [6, 6.07) is 8.50. The Morgan fingerprint density at radius 1 is 1.12 bits per heavy atom. The average molecular weight is 232 g/mol. The standard InChI is InChI=1S/C13H16N2S/c1-10-3-5-12(15-7-10)8-14-9-13-6-4-11(2)16-13/h3-7,14H,8-9H2,1-2H3. The second-order valence-corrected chi connectivity index (χ2v) is 5.32. The van der Waals surface area contributed by atoms with E-state index in [1.807, 2.05) is 17.5 Å². The summed E-state index contributed by atoms with van der Waals surface area (Å²) in [5, 5.41) is 3.40. The summed E-state index contributed by atoms with van der Waals surface area (Å²) in [7, 11) is 0. The van der Waals surface area contributed by atoms with E-state index in [1.54, 1.807) is 0 Å². The van der Waals surface area contributed by atoms with Crippen molar-refractivity contribution >= 4 is 11.3 Å². The van der Waals surface area contributed by atoms with Crippen LogP contribution in [0.25, 0.3) is 0 Å². The molecule has 1 N–H and O–H groups in total. The summed E-state index contributed by atoms with van der Waals surface area (Å²) < 4.78 is 0.